The van der Waals surface area contributed by atoms with Gasteiger partial charge in [-0.05, 0) is 38.5 Å². The van der Waals surface area contributed by atoms with Crippen LogP contribution in [-0.4, -0.2) is 29.3 Å². The molecule has 0 fully saturated rings. The van der Waals surface area contributed by atoms with Crippen molar-refractivity contribution in [3.63, 3.8) is 0 Å². The van der Waals surface area contributed by atoms with Gasteiger partial charge in [-0.2, -0.15) is 0 Å². The second kappa shape index (κ2) is 5.38. The third-order valence-corrected chi connectivity index (χ3v) is 2.63. The summed E-state index contributed by atoms with van der Waals surface area (Å²) in [4.78, 5) is 0. The molecule has 0 aliphatic rings. The van der Waals surface area contributed by atoms with E-state index in [2.05, 4.69) is 31.4 Å². The second-order valence-corrected chi connectivity index (χ2v) is 5.35. The lowest BCUT2D eigenvalue weighted by Gasteiger charge is -2.20. The van der Waals surface area contributed by atoms with E-state index >= 15 is 0 Å². The van der Waals surface area contributed by atoms with Gasteiger partial charge in [0.1, 0.15) is 18.4 Å². The van der Waals surface area contributed by atoms with E-state index in [-0.39, 0.29) is 11.3 Å². The van der Waals surface area contributed by atoms with Gasteiger partial charge in [-0.25, -0.2) is 0 Å². The monoisotopic (exact) mass is 239 g/mol. The number of aliphatic hydroxyl groups is 1. The first-order valence-electron chi connectivity index (χ1n) is 5.86. The fourth-order valence-electron chi connectivity index (χ4n) is 1.56. The quantitative estimate of drug-likeness (QED) is 0.588. The van der Waals surface area contributed by atoms with Crippen LogP contribution in [0.5, 0.6) is 5.75 Å². The summed E-state index contributed by atoms with van der Waals surface area (Å²) in [7, 11) is 1.74. The number of nitrogens with one attached hydrogen (secondary N) is 1. The third kappa shape index (κ3) is 4.24. The average Bonchev–Trinajstić information content (AvgIpc) is 2.25. The molecule has 0 aliphatic heterocycles. The molecule has 0 heterocycles. The predicted octanol–water partition coefficient (Wildman–Crippen LogP) is 0.829. The Morgan fingerprint density at radius 2 is 2.00 bits per heavy atom. The fourth-order valence-corrected chi connectivity index (χ4v) is 1.56. The molecule has 1 aromatic rings. The highest BCUT2D eigenvalue weighted by Crippen LogP contribution is 2.26. The highest BCUT2D eigenvalue weighted by molar-refractivity contribution is 5.57. The molecule has 4 heteroatoms. The van der Waals surface area contributed by atoms with E-state index in [0.717, 1.165) is 5.56 Å². The SMILES string of the molecule is CNc1cc(C(O)C[NH2+]C(C)(C)C)ccc1O. The predicted molar refractivity (Wildman–Crippen MR) is 69.2 cm³/mol. The Kier molecular flexibility index (Phi) is 4.37. The van der Waals surface area contributed by atoms with Crippen LogP contribution in [0.2, 0.25) is 0 Å². The van der Waals surface area contributed by atoms with Crippen LogP contribution in [0.3, 0.4) is 0 Å². The second-order valence-electron chi connectivity index (χ2n) is 5.35. The lowest BCUT2D eigenvalue weighted by Crippen LogP contribution is -2.95. The van der Waals surface area contributed by atoms with Gasteiger partial charge in [-0.15, -0.1) is 0 Å². The number of phenolic OH excluding ortho intramolecular Hbond substituents is 1. The van der Waals surface area contributed by atoms with Crippen molar-refractivity contribution in [3.05, 3.63) is 23.8 Å². The van der Waals surface area contributed by atoms with Gasteiger partial charge in [0.05, 0.1) is 11.2 Å². The molecule has 1 rings (SSSR count). The van der Waals surface area contributed by atoms with Gasteiger partial charge in [0.2, 0.25) is 0 Å². The van der Waals surface area contributed by atoms with E-state index in [4.69, 9.17) is 0 Å². The van der Waals surface area contributed by atoms with Gasteiger partial charge >= 0.3 is 0 Å². The number of phenols is 1. The molecule has 17 heavy (non-hydrogen) atoms. The largest absolute Gasteiger partial charge is 0.506 e. The summed E-state index contributed by atoms with van der Waals surface area (Å²) in [5, 5.41) is 24.6. The fraction of sp³-hybridized carbons (Fsp3) is 0.538. The van der Waals surface area contributed by atoms with Crippen LogP contribution in [0.1, 0.15) is 32.4 Å². The summed E-state index contributed by atoms with van der Waals surface area (Å²) >= 11 is 0. The van der Waals surface area contributed by atoms with E-state index in [9.17, 15) is 10.2 Å². The number of nitrogens with two attached hydrogens (primary N) is 1. The number of hydrogen-bond donors (Lipinski definition) is 4. The topological polar surface area (TPSA) is 69.1 Å². The van der Waals surface area contributed by atoms with Crippen LogP contribution in [0.25, 0.3) is 0 Å². The maximum Gasteiger partial charge on any atom is 0.138 e. The number of anilines is 1. The van der Waals surface area contributed by atoms with E-state index in [0.29, 0.717) is 12.2 Å². The van der Waals surface area contributed by atoms with Crippen molar-refractivity contribution in [1.29, 1.82) is 0 Å². The van der Waals surface area contributed by atoms with E-state index in [1.54, 1.807) is 25.2 Å². The van der Waals surface area contributed by atoms with Crippen molar-refractivity contribution >= 4 is 5.69 Å². The molecule has 96 valence electrons. The lowest BCUT2D eigenvalue weighted by atomic mass is 10.1. The zero-order valence-electron chi connectivity index (χ0n) is 11.0. The van der Waals surface area contributed by atoms with Gasteiger partial charge < -0.3 is 20.8 Å². The lowest BCUT2D eigenvalue weighted by molar-refractivity contribution is -0.722. The van der Waals surface area contributed by atoms with E-state index in [1.165, 1.54) is 0 Å². The van der Waals surface area contributed by atoms with Crippen LogP contribution in [0.4, 0.5) is 5.69 Å². The van der Waals surface area contributed by atoms with Crippen molar-refractivity contribution in [3.8, 4) is 5.75 Å². The van der Waals surface area contributed by atoms with Gasteiger partial charge in [0.25, 0.3) is 0 Å². The van der Waals surface area contributed by atoms with Crippen molar-refractivity contribution < 1.29 is 15.5 Å². The Hall–Kier alpha value is -1.26. The molecule has 0 saturated heterocycles. The summed E-state index contributed by atoms with van der Waals surface area (Å²) < 4.78 is 0. The standard InChI is InChI=1S/C13H22N2O2/c1-13(2,3)15-8-12(17)9-5-6-11(16)10(7-9)14-4/h5-7,12,14-17H,8H2,1-4H3/p+1. The summed E-state index contributed by atoms with van der Waals surface area (Å²) in [6.07, 6.45) is -0.526. The number of quaternary nitrogens is 1. The maximum atomic E-state index is 10.1. The summed E-state index contributed by atoms with van der Waals surface area (Å²) in [5.74, 6) is 0.197. The van der Waals surface area contributed by atoms with Crippen LogP contribution in [-0.2, 0) is 0 Å². The van der Waals surface area contributed by atoms with Crippen LogP contribution < -0.4 is 10.6 Å². The Bertz CT molecular complexity index is 372. The average molecular weight is 239 g/mol. The zero-order chi connectivity index (χ0) is 13.1. The first-order valence-corrected chi connectivity index (χ1v) is 5.86. The summed E-state index contributed by atoms with van der Waals surface area (Å²) in [5.41, 5.74) is 1.55. The number of rotatable bonds is 4. The molecule has 1 aromatic carbocycles. The van der Waals surface area contributed by atoms with Gasteiger partial charge in [-0.3, -0.25) is 0 Å². The zero-order valence-corrected chi connectivity index (χ0v) is 11.0. The van der Waals surface area contributed by atoms with Crippen molar-refractivity contribution in [2.24, 2.45) is 0 Å². The van der Waals surface area contributed by atoms with E-state index in [1.807, 2.05) is 0 Å². The normalized spacial score (nSPS) is 13.5. The number of benzene rings is 1. The molecule has 4 nitrogen and oxygen atoms in total. The summed E-state index contributed by atoms with van der Waals surface area (Å²) in [6, 6.07) is 5.12. The van der Waals surface area contributed by atoms with Gasteiger partial charge in [0, 0.05) is 7.05 Å². The molecule has 0 aromatic heterocycles. The molecule has 0 amide bonds. The van der Waals surface area contributed by atoms with Crippen molar-refractivity contribution in [1.82, 2.24) is 0 Å². The minimum atomic E-state index is -0.526. The Labute approximate surface area is 103 Å². The minimum absolute atomic E-state index is 0.101. The molecule has 0 bridgehead atoms. The minimum Gasteiger partial charge on any atom is -0.506 e. The number of aromatic hydroxyl groups is 1. The molecule has 1 atom stereocenters. The Morgan fingerprint density at radius 3 is 2.53 bits per heavy atom. The van der Waals surface area contributed by atoms with Crippen molar-refractivity contribution in [2.45, 2.75) is 32.4 Å². The first kappa shape index (κ1) is 13.8. The number of hydrogen-bond acceptors (Lipinski definition) is 3. The van der Waals surface area contributed by atoms with Gasteiger partial charge in [0.15, 0.2) is 0 Å². The molecule has 0 radical (unpaired) electrons. The molecular weight excluding hydrogens is 216 g/mol. The van der Waals surface area contributed by atoms with Crippen LogP contribution in [0, 0.1) is 0 Å². The molecule has 0 spiro atoms. The highest BCUT2D eigenvalue weighted by atomic mass is 16.3. The number of aliphatic hydroxyl groups excluding tert-OH is 1. The third-order valence-electron chi connectivity index (χ3n) is 2.63. The van der Waals surface area contributed by atoms with Crippen LogP contribution >= 0.6 is 0 Å². The molecule has 0 saturated carbocycles. The molecular formula is C13H23N2O2+. The summed E-state index contributed by atoms with van der Waals surface area (Å²) in [6.45, 7) is 6.93. The molecule has 0 aliphatic carbocycles. The molecule has 5 N–H and O–H groups in total. The highest BCUT2D eigenvalue weighted by Gasteiger charge is 2.17. The first-order chi connectivity index (χ1) is 7.83. The molecule has 1 unspecified atom stereocenters. The Morgan fingerprint density at radius 1 is 1.35 bits per heavy atom. The maximum absolute atomic E-state index is 10.1. The Balaban J connectivity index is 2.72. The van der Waals surface area contributed by atoms with E-state index < -0.39 is 6.10 Å². The smallest absolute Gasteiger partial charge is 0.138 e. The van der Waals surface area contributed by atoms with Crippen LogP contribution in [0.15, 0.2) is 18.2 Å². The van der Waals surface area contributed by atoms with Crippen molar-refractivity contribution in [2.75, 3.05) is 18.9 Å². The van der Waals surface area contributed by atoms with Gasteiger partial charge in [-0.1, -0.05) is 6.07 Å².